The van der Waals surface area contributed by atoms with Crippen LogP contribution in [0.1, 0.15) is 39.5 Å². The van der Waals surface area contributed by atoms with Crippen molar-refractivity contribution in [2.45, 2.75) is 49.3 Å². The van der Waals surface area contributed by atoms with E-state index in [-0.39, 0.29) is 71.9 Å². The molecule has 2 aromatic rings. The molecule has 0 unspecified atom stereocenters. The topological polar surface area (TPSA) is 15.3 Å². The smallest absolute Gasteiger partial charge is 0.0527 e. The molecule has 146 valence electrons. The van der Waals surface area contributed by atoms with E-state index in [0.29, 0.717) is 0 Å². The first-order valence-corrected chi connectivity index (χ1v) is 9.56. The Labute approximate surface area is 213 Å². The quantitative estimate of drug-likeness (QED) is 0.250. The summed E-state index contributed by atoms with van der Waals surface area (Å²) in [5.74, 6) is 0. The zero-order valence-corrected chi connectivity index (χ0v) is 23.2. The summed E-state index contributed by atoms with van der Waals surface area (Å²) in [4.78, 5) is 5.19. The standard InChI is InChI=1S/C20H26N2S.3HI/c1-3-5-13-22(14-6-4-2)16-11-12-18-20(15-16)23-19-10-8-7-9-17(19)21-18;;;/h7-12,15,21H,3-6,13-14H2,1-2H3;3*1H. The third kappa shape index (κ3) is 6.88. The number of hydrogen-bond acceptors (Lipinski definition) is 3. The Hall–Kier alpha value is 0.580. The highest BCUT2D eigenvalue weighted by molar-refractivity contribution is 14.0. The van der Waals surface area contributed by atoms with Gasteiger partial charge in [-0.1, -0.05) is 50.6 Å². The summed E-state index contributed by atoms with van der Waals surface area (Å²) in [6.45, 7) is 6.84. The third-order valence-electron chi connectivity index (χ3n) is 4.27. The Bertz CT molecular complexity index is 659. The van der Waals surface area contributed by atoms with Gasteiger partial charge >= 0.3 is 0 Å². The Morgan fingerprint density at radius 2 is 1.42 bits per heavy atom. The van der Waals surface area contributed by atoms with Gasteiger partial charge in [0.2, 0.25) is 0 Å². The van der Waals surface area contributed by atoms with Gasteiger partial charge in [-0.25, -0.2) is 0 Å². The number of benzene rings is 2. The largest absolute Gasteiger partial charge is 0.372 e. The minimum atomic E-state index is 0. The van der Waals surface area contributed by atoms with Crippen LogP contribution in [-0.2, 0) is 0 Å². The summed E-state index contributed by atoms with van der Waals surface area (Å²) in [7, 11) is 0. The second kappa shape index (κ2) is 13.7. The van der Waals surface area contributed by atoms with Crippen LogP contribution in [0.5, 0.6) is 0 Å². The lowest BCUT2D eigenvalue weighted by Crippen LogP contribution is -2.25. The first-order chi connectivity index (χ1) is 11.3. The molecular weight excluding hydrogens is 681 g/mol. The summed E-state index contributed by atoms with van der Waals surface area (Å²) in [5, 5.41) is 3.55. The molecule has 1 aliphatic heterocycles. The average Bonchev–Trinajstić information content (AvgIpc) is 2.59. The number of nitrogens with zero attached hydrogens (tertiary/aromatic N) is 1. The van der Waals surface area contributed by atoms with Crippen LogP contribution < -0.4 is 10.2 Å². The van der Waals surface area contributed by atoms with E-state index in [2.05, 4.69) is 66.5 Å². The van der Waals surface area contributed by atoms with E-state index in [9.17, 15) is 0 Å². The summed E-state index contributed by atoms with van der Waals surface area (Å²) in [6, 6.07) is 15.4. The number of para-hydroxylation sites is 1. The molecule has 0 saturated carbocycles. The van der Waals surface area contributed by atoms with Crippen molar-refractivity contribution in [2.24, 2.45) is 0 Å². The van der Waals surface area contributed by atoms with Gasteiger partial charge in [0.15, 0.2) is 0 Å². The van der Waals surface area contributed by atoms with Crippen LogP contribution in [0.4, 0.5) is 17.1 Å². The normalized spacial score (nSPS) is 10.8. The Morgan fingerprint density at radius 3 is 2.08 bits per heavy atom. The Balaban J connectivity index is 0.00000208. The van der Waals surface area contributed by atoms with Crippen molar-refractivity contribution in [1.29, 1.82) is 0 Å². The number of rotatable bonds is 7. The zero-order valence-electron chi connectivity index (χ0n) is 15.4. The molecular formula is C20H29I3N2S. The summed E-state index contributed by atoms with van der Waals surface area (Å²) >= 11 is 1.87. The van der Waals surface area contributed by atoms with E-state index in [1.807, 2.05) is 11.8 Å². The summed E-state index contributed by atoms with van der Waals surface area (Å²) < 4.78 is 0. The number of nitrogens with one attached hydrogen (secondary N) is 1. The molecule has 1 N–H and O–H groups in total. The maximum atomic E-state index is 3.55. The van der Waals surface area contributed by atoms with Crippen molar-refractivity contribution >= 4 is 101 Å². The molecule has 1 aliphatic rings. The molecule has 0 aliphatic carbocycles. The molecule has 0 bridgehead atoms. The molecule has 2 nitrogen and oxygen atoms in total. The molecule has 6 heteroatoms. The molecule has 26 heavy (non-hydrogen) atoms. The van der Waals surface area contributed by atoms with Crippen molar-refractivity contribution in [3.05, 3.63) is 42.5 Å². The van der Waals surface area contributed by atoms with Gasteiger partial charge in [-0.05, 0) is 43.2 Å². The summed E-state index contributed by atoms with van der Waals surface area (Å²) in [5.41, 5.74) is 3.80. The van der Waals surface area contributed by atoms with Crippen LogP contribution in [0.25, 0.3) is 0 Å². The highest BCUT2D eigenvalue weighted by Crippen LogP contribution is 2.45. The maximum Gasteiger partial charge on any atom is 0.0527 e. The second-order valence-electron chi connectivity index (χ2n) is 6.10. The fourth-order valence-corrected chi connectivity index (χ4v) is 3.91. The van der Waals surface area contributed by atoms with Crippen molar-refractivity contribution in [3.8, 4) is 0 Å². The number of unbranched alkanes of at least 4 members (excludes halogenated alkanes) is 2. The molecule has 3 rings (SSSR count). The predicted molar refractivity (Wildman–Crippen MR) is 149 cm³/mol. The second-order valence-corrected chi connectivity index (χ2v) is 7.18. The minimum Gasteiger partial charge on any atom is -0.372 e. The predicted octanol–water partition coefficient (Wildman–Crippen LogP) is 8.16. The molecule has 0 radical (unpaired) electrons. The molecule has 0 fully saturated rings. The first kappa shape index (κ1) is 26.6. The number of fused-ring (bicyclic) bond motifs is 2. The van der Waals surface area contributed by atoms with E-state index in [1.165, 1.54) is 52.5 Å². The zero-order chi connectivity index (χ0) is 16.1. The van der Waals surface area contributed by atoms with E-state index in [0.717, 1.165) is 13.1 Å². The van der Waals surface area contributed by atoms with Gasteiger partial charge in [0.25, 0.3) is 0 Å². The Kier molecular flexibility index (Phi) is 14.0. The molecule has 0 atom stereocenters. The van der Waals surface area contributed by atoms with Gasteiger partial charge in [0, 0.05) is 28.6 Å². The Morgan fingerprint density at radius 1 is 0.808 bits per heavy atom. The highest BCUT2D eigenvalue weighted by Gasteiger charge is 2.16. The number of hydrogen-bond donors (Lipinski definition) is 1. The summed E-state index contributed by atoms with van der Waals surface area (Å²) in [6.07, 6.45) is 5.01. The third-order valence-corrected chi connectivity index (χ3v) is 5.40. The van der Waals surface area contributed by atoms with Crippen molar-refractivity contribution in [3.63, 3.8) is 0 Å². The van der Waals surface area contributed by atoms with Crippen LogP contribution >= 0.6 is 83.7 Å². The fraction of sp³-hybridized carbons (Fsp3) is 0.400. The van der Waals surface area contributed by atoms with Crippen LogP contribution in [0, 0.1) is 0 Å². The monoisotopic (exact) mass is 710 g/mol. The van der Waals surface area contributed by atoms with E-state index >= 15 is 0 Å². The van der Waals surface area contributed by atoms with Crippen LogP contribution in [0.2, 0.25) is 0 Å². The lowest BCUT2D eigenvalue weighted by molar-refractivity contribution is 0.677. The van der Waals surface area contributed by atoms with E-state index in [1.54, 1.807) is 0 Å². The highest BCUT2D eigenvalue weighted by atomic mass is 127. The van der Waals surface area contributed by atoms with Crippen LogP contribution in [0.3, 0.4) is 0 Å². The van der Waals surface area contributed by atoms with Gasteiger partial charge in [-0.2, -0.15) is 0 Å². The van der Waals surface area contributed by atoms with Gasteiger partial charge in [0.1, 0.15) is 0 Å². The number of anilines is 3. The van der Waals surface area contributed by atoms with E-state index < -0.39 is 0 Å². The first-order valence-electron chi connectivity index (χ1n) is 8.74. The van der Waals surface area contributed by atoms with E-state index in [4.69, 9.17) is 0 Å². The lowest BCUT2D eigenvalue weighted by Gasteiger charge is -2.27. The van der Waals surface area contributed by atoms with Crippen molar-refractivity contribution in [2.75, 3.05) is 23.3 Å². The SMILES string of the molecule is CCCCN(CCCC)c1ccc2c(c1)Sc1ccccc1N2.I.I.I. The molecule has 2 aromatic carbocycles. The molecule has 1 heterocycles. The van der Waals surface area contributed by atoms with Crippen LogP contribution in [0.15, 0.2) is 52.3 Å². The van der Waals surface area contributed by atoms with Crippen molar-refractivity contribution < 1.29 is 0 Å². The lowest BCUT2D eigenvalue weighted by atomic mass is 10.2. The maximum absolute atomic E-state index is 3.55. The van der Waals surface area contributed by atoms with Gasteiger partial charge in [-0.15, -0.1) is 71.9 Å². The molecule has 0 spiro atoms. The van der Waals surface area contributed by atoms with Gasteiger partial charge in [0.05, 0.1) is 11.4 Å². The molecule has 0 amide bonds. The molecule has 0 aromatic heterocycles. The van der Waals surface area contributed by atoms with Gasteiger partial charge < -0.3 is 10.2 Å². The van der Waals surface area contributed by atoms with Crippen molar-refractivity contribution in [1.82, 2.24) is 0 Å². The fourth-order valence-electron chi connectivity index (χ4n) is 2.89. The number of halogens is 3. The average molecular weight is 710 g/mol. The minimum absolute atomic E-state index is 0. The van der Waals surface area contributed by atoms with Gasteiger partial charge in [-0.3, -0.25) is 0 Å². The van der Waals surface area contributed by atoms with Crippen LogP contribution in [-0.4, -0.2) is 13.1 Å². The molecule has 0 saturated heterocycles.